The van der Waals surface area contributed by atoms with Crippen LogP contribution in [0.25, 0.3) is 0 Å². The monoisotopic (exact) mass is 345 g/mol. The van der Waals surface area contributed by atoms with E-state index in [1.54, 1.807) is 24.3 Å². The van der Waals surface area contributed by atoms with Gasteiger partial charge in [0, 0.05) is 17.8 Å². The molecular formula is C18H14F3N3O. The average molecular weight is 345 g/mol. The van der Waals surface area contributed by atoms with Crippen molar-refractivity contribution in [2.24, 2.45) is 0 Å². The molecule has 0 bridgehead atoms. The number of carbonyl (C=O) groups excluding carboxylic acids is 1. The van der Waals surface area contributed by atoms with Crippen molar-refractivity contribution in [2.45, 2.75) is 25.6 Å². The molecular weight excluding hydrogens is 331 g/mol. The van der Waals surface area contributed by atoms with Crippen molar-refractivity contribution < 1.29 is 18.0 Å². The smallest absolute Gasteiger partial charge is 0.399 e. The van der Waals surface area contributed by atoms with Crippen molar-refractivity contribution in [1.29, 1.82) is 5.26 Å². The Morgan fingerprint density at radius 3 is 2.64 bits per heavy atom. The minimum atomic E-state index is -4.63. The molecule has 1 aliphatic heterocycles. The number of rotatable bonds is 2. The van der Waals surface area contributed by atoms with E-state index >= 15 is 0 Å². The van der Waals surface area contributed by atoms with Gasteiger partial charge >= 0.3 is 6.18 Å². The van der Waals surface area contributed by atoms with Gasteiger partial charge in [-0.2, -0.15) is 18.4 Å². The standard InChI is InChI=1S/C18H14F3N3O/c19-18(20,21)15-3-1-2-12(14(15)9-22)10-24-16-6-5-13(23)8-11(16)4-7-17(24)25/h1-3,5-6,8H,4,7,10,23H2. The fraction of sp³-hybridized carbons (Fsp3) is 0.222. The highest BCUT2D eigenvalue weighted by molar-refractivity contribution is 5.96. The lowest BCUT2D eigenvalue weighted by Gasteiger charge is -2.30. The molecule has 2 aromatic rings. The first kappa shape index (κ1) is 16.8. The molecule has 0 fully saturated rings. The maximum Gasteiger partial charge on any atom is 0.417 e. The van der Waals surface area contributed by atoms with Gasteiger partial charge in [-0.25, -0.2) is 0 Å². The molecule has 4 nitrogen and oxygen atoms in total. The molecule has 3 rings (SSSR count). The molecule has 0 atom stereocenters. The van der Waals surface area contributed by atoms with Crippen LogP contribution in [0.1, 0.15) is 28.7 Å². The fourth-order valence-electron chi connectivity index (χ4n) is 3.02. The van der Waals surface area contributed by atoms with E-state index < -0.39 is 17.3 Å². The lowest BCUT2D eigenvalue weighted by atomic mass is 9.97. The summed E-state index contributed by atoms with van der Waals surface area (Å²) in [5, 5.41) is 9.22. The van der Waals surface area contributed by atoms with Crippen LogP contribution in [0.2, 0.25) is 0 Å². The Morgan fingerprint density at radius 2 is 1.96 bits per heavy atom. The zero-order chi connectivity index (χ0) is 18.2. The van der Waals surface area contributed by atoms with Crippen molar-refractivity contribution in [2.75, 3.05) is 10.6 Å². The number of amides is 1. The van der Waals surface area contributed by atoms with Gasteiger partial charge in [-0.3, -0.25) is 4.79 Å². The van der Waals surface area contributed by atoms with Gasteiger partial charge in [0.2, 0.25) is 5.91 Å². The van der Waals surface area contributed by atoms with Crippen LogP contribution in [0.15, 0.2) is 36.4 Å². The predicted octanol–water partition coefficient (Wildman–Crippen LogP) is 3.64. The molecule has 1 aliphatic rings. The molecule has 25 heavy (non-hydrogen) atoms. The van der Waals surface area contributed by atoms with E-state index in [0.717, 1.165) is 11.6 Å². The summed E-state index contributed by atoms with van der Waals surface area (Å²) in [6.07, 6.45) is -3.85. The molecule has 7 heteroatoms. The fourth-order valence-corrected chi connectivity index (χ4v) is 3.02. The van der Waals surface area contributed by atoms with Gasteiger partial charge in [0.1, 0.15) is 6.07 Å². The number of anilines is 2. The number of hydrogen-bond donors (Lipinski definition) is 1. The van der Waals surface area contributed by atoms with E-state index in [2.05, 4.69) is 0 Å². The number of nitriles is 1. The van der Waals surface area contributed by atoms with E-state index in [1.165, 1.54) is 17.0 Å². The molecule has 0 radical (unpaired) electrons. The Labute approximate surface area is 142 Å². The third kappa shape index (κ3) is 3.15. The minimum absolute atomic E-state index is 0.0947. The molecule has 0 aromatic heterocycles. The number of aryl methyl sites for hydroxylation is 1. The van der Waals surface area contributed by atoms with Crippen molar-refractivity contribution in [3.8, 4) is 6.07 Å². The van der Waals surface area contributed by atoms with Crippen molar-refractivity contribution in [1.82, 2.24) is 0 Å². The molecule has 128 valence electrons. The van der Waals surface area contributed by atoms with E-state index in [0.29, 0.717) is 17.8 Å². The molecule has 0 spiro atoms. The normalized spacial score (nSPS) is 14.2. The van der Waals surface area contributed by atoms with E-state index in [9.17, 15) is 23.2 Å². The van der Waals surface area contributed by atoms with E-state index in [4.69, 9.17) is 5.73 Å². The number of benzene rings is 2. The van der Waals surface area contributed by atoms with Crippen LogP contribution in [-0.2, 0) is 23.9 Å². The van der Waals surface area contributed by atoms with Gasteiger partial charge in [-0.15, -0.1) is 0 Å². The molecule has 1 heterocycles. The maximum absolute atomic E-state index is 13.1. The molecule has 2 aromatic carbocycles. The van der Waals surface area contributed by atoms with Crippen LogP contribution in [0.5, 0.6) is 0 Å². The minimum Gasteiger partial charge on any atom is -0.399 e. The Morgan fingerprint density at radius 1 is 1.20 bits per heavy atom. The number of carbonyl (C=O) groups is 1. The maximum atomic E-state index is 13.1. The SMILES string of the molecule is N#Cc1c(CN2C(=O)CCc3cc(N)ccc32)cccc1C(F)(F)F. The summed E-state index contributed by atoms with van der Waals surface area (Å²) in [7, 11) is 0. The molecule has 0 saturated carbocycles. The second-order valence-electron chi connectivity index (χ2n) is 5.82. The number of fused-ring (bicyclic) bond motifs is 1. The van der Waals surface area contributed by atoms with Crippen molar-refractivity contribution in [3.05, 3.63) is 58.7 Å². The quantitative estimate of drug-likeness (QED) is 0.845. The molecule has 1 amide bonds. The summed E-state index contributed by atoms with van der Waals surface area (Å²) in [6, 6.07) is 10.3. The van der Waals surface area contributed by atoms with Gasteiger partial charge in [-0.05, 0) is 41.8 Å². The summed E-state index contributed by atoms with van der Waals surface area (Å²) >= 11 is 0. The second-order valence-corrected chi connectivity index (χ2v) is 5.82. The molecule has 0 saturated heterocycles. The average Bonchev–Trinajstić information content (AvgIpc) is 2.56. The van der Waals surface area contributed by atoms with E-state index in [1.807, 2.05) is 0 Å². The van der Waals surface area contributed by atoms with Gasteiger partial charge in [-0.1, -0.05) is 12.1 Å². The highest BCUT2D eigenvalue weighted by atomic mass is 19.4. The van der Waals surface area contributed by atoms with Gasteiger partial charge in [0.25, 0.3) is 0 Å². The van der Waals surface area contributed by atoms with Crippen LogP contribution in [0.4, 0.5) is 24.5 Å². The van der Waals surface area contributed by atoms with E-state index in [-0.39, 0.29) is 24.4 Å². The number of halogens is 3. The third-order valence-corrected chi connectivity index (χ3v) is 4.20. The lowest BCUT2D eigenvalue weighted by Crippen LogP contribution is -2.35. The Balaban J connectivity index is 2.04. The van der Waals surface area contributed by atoms with Crippen LogP contribution in [0, 0.1) is 11.3 Å². The molecule has 2 N–H and O–H groups in total. The number of nitrogens with zero attached hydrogens (tertiary/aromatic N) is 2. The Bertz CT molecular complexity index is 884. The third-order valence-electron chi connectivity index (χ3n) is 4.20. The summed E-state index contributed by atoms with van der Waals surface area (Å²) in [5.41, 5.74) is 6.52. The number of alkyl halides is 3. The highest BCUT2D eigenvalue weighted by Gasteiger charge is 2.35. The van der Waals surface area contributed by atoms with Crippen LogP contribution < -0.4 is 10.6 Å². The van der Waals surface area contributed by atoms with Crippen LogP contribution in [0.3, 0.4) is 0 Å². The summed E-state index contributed by atoms with van der Waals surface area (Å²) in [5.74, 6) is -0.196. The molecule has 0 aliphatic carbocycles. The first-order valence-corrected chi connectivity index (χ1v) is 7.59. The zero-order valence-corrected chi connectivity index (χ0v) is 13.1. The zero-order valence-electron chi connectivity index (χ0n) is 13.1. The lowest BCUT2D eigenvalue weighted by molar-refractivity contribution is -0.137. The number of hydrogen-bond acceptors (Lipinski definition) is 3. The first-order valence-electron chi connectivity index (χ1n) is 7.59. The summed E-state index contributed by atoms with van der Waals surface area (Å²) in [4.78, 5) is 13.7. The van der Waals surface area contributed by atoms with Gasteiger partial charge < -0.3 is 10.6 Å². The van der Waals surface area contributed by atoms with Crippen LogP contribution in [-0.4, -0.2) is 5.91 Å². The van der Waals surface area contributed by atoms with Crippen LogP contribution >= 0.6 is 0 Å². The van der Waals surface area contributed by atoms with Crippen molar-refractivity contribution >= 4 is 17.3 Å². The Kier molecular flexibility index (Phi) is 4.13. The number of nitrogens with two attached hydrogens (primary N) is 1. The van der Waals surface area contributed by atoms with Gasteiger partial charge in [0.05, 0.1) is 17.7 Å². The highest BCUT2D eigenvalue weighted by Crippen LogP contribution is 2.35. The largest absolute Gasteiger partial charge is 0.417 e. The second kappa shape index (κ2) is 6.13. The predicted molar refractivity (Wildman–Crippen MR) is 86.5 cm³/mol. The Hall–Kier alpha value is -3.01. The molecule has 0 unspecified atom stereocenters. The summed E-state index contributed by atoms with van der Waals surface area (Å²) < 4.78 is 39.3. The summed E-state index contributed by atoms with van der Waals surface area (Å²) in [6.45, 7) is -0.0947. The van der Waals surface area contributed by atoms with Crippen molar-refractivity contribution in [3.63, 3.8) is 0 Å². The van der Waals surface area contributed by atoms with Gasteiger partial charge in [0.15, 0.2) is 0 Å². The topological polar surface area (TPSA) is 70.1 Å². The number of nitrogen functional groups attached to an aromatic ring is 1. The first-order chi connectivity index (χ1) is 11.8.